The number of hydrogen-bond acceptors (Lipinski definition) is 2. The van der Waals surface area contributed by atoms with Crippen molar-refractivity contribution in [2.75, 3.05) is 0 Å². The fourth-order valence-electron chi connectivity index (χ4n) is 0.562. The highest BCUT2D eigenvalue weighted by molar-refractivity contribution is 14.1. The lowest BCUT2D eigenvalue weighted by molar-refractivity contribution is 1.17. The van der Waals surface area contributed by atoms with Crippen molar-refractivity contribution in [2.45, 2.75) is 17.8 Å². The molecule has 1 unspecified atom stereocenters. The molecule has 0 aromatic carbocycles. The van der Waals surface area contributed by atoms with Gasteiger partial charge in [-0.15, -0.1) is 11.3 Å². The normalized spacial score (nSPS) is 13.7. The summed E-state index contributed by atoms with van der Waals surface area (Å²) in [5.74, 6) is 0. The summed E-state index contributed by atoms with van der Waals surface area (Å²) in [6, 6.07) is 0. The van der Waals surface area contributed by atoms with Crippen molar-refractivity contribution in [1.82, 2.24) is 4.98 Å². The predicted octanol–water partition coefficient (Wildman–Crippen LogP) is 2.95. The number of aryl methyl sites for hydroxylation is 1. The molecule has 50 valence electrons. The van der Waals surface area contributed by atoms with Gasteiger partial charge in [0.15, 0.2) is 0 Å². The predicted molar refractivity (Wildman–Crippen MR) is 49.3 cm³/mol. The van der Waals surface area contributed by atoms with Crippen molar-refractivity contribution in [3.63, 3.8) is 0 Å². The van der Waals surface area contributed by atoms with Crippen LogP contribution in [0, 0.1) is 6.92 Å². The van der Waals surface area contributed by atoms with Gasteiger partial charge in [-0.1, -0.05) is 22.6 Å². The molecule has 0 amide bonds. The largest absolute Gasteiger partial charge is 0.250 e. The average molecular weight is 253 g/mol. The second kappa shape index (κ2) is 2.96. The van der Waals surface area contributed by atoms with Crippen molar-refractivity contribution in [2.24, 2.45) is 0 Å². The first-order valence-corrected chi connectivity index (χ1v) is 4.83. The lowest BCUT2D eigenvalue weighted by Crippen LogP contribution is -1.72. The number of nitrogens with zero attached hydrogens (tertiary/aromatic N) is 1. The number of rotatable bonds is 1. The molecule has 1 aromatic heterocycles. The molecule has 0 bridgehead atoms. The van der Waals surface area contributed by atoms with Crippen LogP contribution in [0.5, 0.6) is 0 Å². The highest BCUT2D eigenvalue weighted by Gasteiger charge is 2.02. The Balaban J connectivity index is 2.85. The molecule has 0 aliphatic rings. The fourth-order valence-corrected chi connectivity index (χ4v) is 1.82. The van der Waals surface area contributed by atoms with Crippen molar-refractivity contribution >= 4 is 33.9 Å². The van der Waals surface area contributed by atoms with E-state index in [9.17, 15) is 0 Å². The first-order chi connectivity index (χ1) is 4.20. The molecule has 1 atom stereocenters. The summed E-state index contributed by atoms with van der Waals surface area (Å²) in [5.41, 5.74) is 0. The van der Waals surface area contributed by atoms with Gasteiger partial charge < -0.3 is 0 Å². The molecule has 1 heterocycles. The van der Waals surface area contributed by atoms with Gasteiger partial charge in [-0.2, -0.15) is 0 Å². The van der Waals surface area contributed by atoms with Crippen LogP contribution in [0.2, 0.25) is 0 Å². The molecule has 1 aromatic rings. The maximum Gasteiger partial charge on any atom is 0.0897 e. The maximum atomic E-state index is 4.15. The zero-order valence-corrected chi connectivity index (χ0v) is 8.36. The molecule has 0 fully saturated rings. The first-order valence-electron chi connectivity index (χ1n) is 2.76. The van der Waals surface area contributed by atoms with Gasteiger partial charge in [-0.05, 0) is 13.8 Å². The van der Waals surface area contributed by atoms with Crippen molar-refractivity contribution in [3.8, 4) is 0 Å². The summed E-state index contributed by atoms with van der Waals surface area (Å²) in [7, 11) is 0. The van der Waals surface area contributed by atoms with E-state index in [1.165, 1.54) is 4.88 Å². The Morgan fingerprint density at radius 1 is 1.78 bits per heavy atom. The highest BCUT2D eigenvalue weighted by atomic mass is 127. The van der Waals surface area contributed by atoms with Crippen LogP contribution in [0.3, 0.4) is 0 Å². The van der Waals surface area contributed by atoms with E-state index in [0.717, 1.165) is 5.01 Å². The Morgan fingerprint density at radius 3 is 2.67 bits per heavy atom. The third-order valence-corrected chi connectivity index (χ3v) is 3.22. The van der Waals surface area contributed by atoms with Gasteiger partial charge in [0.25, 0.3) is 0 Å². The van der Waals surface area contributed by atoms with E-state index in [4.69, 9.17) is 0 Å². The third kappa shape index (κ3) is 1.89. The number of thiazole rings is 1. The van der Waals surface area contributed by atoms with Crippen molar-refractivity contribution in [1.29, 1.82) is 0 Å². The minimum Gasteiger partial charge on any atom is -0.250 e. The number of aromatic nitrogens is 1. The van der Waals surface area contributed by atoms with Crippen molar-refractivity contribution in [3.05, 3.63) is 16.1 Å². The smallest absolute Gasteiger partial charge is 0.0897 e. The van der Waals surface area contributed by atoms with Gasteiger partial charge in [-0.25, -0.2) is 4.98 Å². The minimum absolute atomic E-state index is 0.605. The second-order valence-electron chi connectivity index (χ2n) is 1.90. The maximum absolute atomic E-state index is 4.15. The van der Waals surface area contributed by atoms with E-state index < -0.39 is 0 Å². The summed E-state index contributed by atoms with van der Waals surface area (Å²) in [6.07, 6.45) is 1.96. The van der Waals surface area contributed by atoms with Crippen LogP contribution < -0.4 is 0 Å². The zero-order chi connectivity index (χ0) is 6.85. The van der Waals surface area contributed by atoms with Gasteiger partial charge >= 0.3 is 0 Å². The molecule has 1 nitrogen and oxygen atoms in total. The lowest BCUT2D eigenvalue weighted by Gasteiger charge is -1.92. The molecule has 0 radical (unpaired) electrons. The van der Waals surface area contributed by atoms with Crippen LogP contribution in [0.15, 0.2) is 6.20 Å². The summed E-state index contributed by atoms with van der Waals surface area (Å²) >= 11 is 4.17. The summed E-state index contributed by atoms with van der Waals surface area (Å²) in [4.78, 5) is 5.52. The molecule has 0 saturated heterocycles. The first kappa shape index (κ1) is 7.47. The standard InChI is InChI=1S/C6H8INS/c1-4(7)6-3-8-5(2)9-6/h3-4H,1-2H3. The summed E-state index contributed by atoms with van der Waals surface area (Å²) in [6.45, 7) is 4.21. The Bertz CT molecular complexity index is 195. The van der Waals surface area contributed by atoms with E-state index >= 15 is 0 Å². The lowest BCUT2D eigenvalue weighted by atomic mass is 10.4. The number of halogens is 1. The molecule has 0 aliphatic carbocycles. The van der Waals surface area contributed by atoms with Crippen LogP contribution in [-0.2, 0) is 0 Å². The van der Waals surface area contributed by atoms with Crippen LogP contribution >= 0.6 is 33.9 Å². The number of alkyl halides is 1. The molecular formula is C6H8INS. The van der Waals surface area contributed by atoms with E-state index in [2.05, 4.69) is 34.5 Å². The second-order valence-corrected chi connectivity index (χ2v) is 5.03. The van der Waals surface area contributed by atoms with E-state index in [-0.39, 0.29) is 0 Å². The Labute approximate surface area is 72.6 Å². The zero-order valence-electron chi connectivity index (χ0n) is 5.39. The quantitative estimate of drug-likeness (QED) is 0.554. The SMILES string of the molecule is Cc1ncc(C(C)I)s1. The molecule has 0 N–H and O–H groups in total. The monoisotopic (exact) mass is 253 g/mol. The van der Waals surface area contributed by atoms with Crippen LogP contribution in [-0.4, -0.2) is 4.98 Å². The highest BCUT2D eigenvalue weighted by Crippen LogP contribution is 2.26. The van der Waals surface area contributed by atoms with Gasteiger partial charge in [-0.3, -0.25) is 0 Å². The minimum atomic E-state index is 0.605. The molecule has 0 spiro atoms. The fraction of sp³-hybridized carbons (Fsp3) is 0.500. The van der Waals surface area contributed by atoms with E-state index in [1.807, 2.05) is 13.1 Å². The number of hydrogen-bond donors (Lipinski definition) is 0. The van der Waals surface area contributed by atoms with Gasteiger partial charge in [0.05, 0.1) is 5.01 Å². The Kier molecular flexibility index (Phi) is 2.46. The van der Waals surface area contributed by atoms with Crippen molar-refractivity contribution < 1.29 is 0 Å². The molecular weight excluding hydrogens is 245 g/mol. The Morgan fingerprint density at radius 2 is 2.44 bits per heavy atom. The van der Waals surface area contributed by atoms with Gasteiger partial charge in [0, 0.05) is 15.0 Å². The average Bonchev–Trinajstić information content (AvgIpc) is 2.14. The summed E-state index contributed by atoms with van der Waals surface area (Å²) in [5, 5.41) is 1.16. The molecule has 9 heavy (non-hydrogen) atoms. The Hall–Kier alpha value is 0.360. The van der Waals surface area contributed by atoms with Crippen LogP contribution in [0.4, 0.5) is 0 Å². The van der Waals surface area contributed by atoms with Gasteiger partial charge in [0.1, 0.15) is 0 Å². The van der Waals surface area contributed by atoms with E-state index in [1.54, 1.807) is 11.3 Å². The third-order valence-electron chi connectivity index (χ3n) is 1.03. The molecule has 3 heteroatoms. The molecule has 0 saturated carbocycles. The molecule has 0 aliphatic heterocycles. The summed E-state index contributed by atoms with van der Waals surface area (Å²) < 4.78 is 0.605. The van der Waals surface area contributed by atoms with Crippen LogP contribution in [0.1, 0.15) is 20.7 Å². The van der Waals surface area contributed by atoms with Gasteiger partial charge in [0.2, 0.25) is 0 Å². The molecule has 1 rings (SSSR count). The topological polar surface area (TPSA) is 12.9 Å². The van der Waals surface area contributed by atoms with Crippen LogP contribution in [0.25, 0.3) is 0 Å². The van der Waals surface area contributed by atoms with E-state index in [0.29, 0.717) is 3.92 Å².